The molecular weight excluding hydrogens is 1100 g/mol. The fraction of sp³-hybridized carbons (Fsp3) is 0.762. The van der Waals surface area contributed by atoms with Crippen LogP contribution in [-0.4, -0.2) is 87.4 Å². The monoisotopic (exact) mass is 1250 g/mol. The van der Waals surface area contributed by atoms with E-state index in [9.17, 15) is 19.5 Å². The standard InChI is InChI=1S/C80H141NO8/c1-6-8-10-12-14-16-18-20-22-24-26-28-30-32-33-34-35-36-37-38-39-40-41-42-43-44-45-47-49-51-53-55-57-59-61-63-65-67-69-71-78(83)89-76(75-88-80(79(84)85)86-73-72-81(3,4)5)74-87-77(82)70-68-66-64-62-60-58-56-54-52-50-48-46-31-29-27-25-23-21-19-17-15-13-11-9-7-2/h8-11,14-17,20-23,26-29,76,80H,6-7,12-13,18-19,24-25,30-75H2,1-5H3/p+1/b10-8-,11-9-,16-14-,17-15-,22-20-,23-21-,28-26-,29-27-. The van der Waals surface area contributed by atoms with Crippen LogP contribution in [-0.2, 0) is 33.3 Å². The Hall–Kier alpha value is -3.79. The number of carbonyl (C=O) groups is 3. The van der Waals surface area contributed by atoms with Gasteiger partial charge < -0.3 is 28.5 Å². The molecule has 0 radical (unpaired) electrons. The molecule has 514 valence electrons. The molecule has 0 aliphatic heterocycles. The minimum atomic E-state index is -1.51. The third kappa shape index (κ3) is 71.5. The molecule has 1 N–H and O–H groups in total. The number of ether oxygens (including phenoxy) is 4. The van der Waals surface area contributed by atoms with E-state index in [0.717, 1.165) is 89.9 Å². The number of aliphatic carboxylic acids is 1. The lowest BCUT2D eigenvalue weighted by molar-refractivity contribution is -0.870. The van der Waals surface area contributed by atoms with Gasteiger partial charge in [-0.25, -0.2) is 4.79 Å². The average molecular weight is 1250 g/mol. The third-order valence-electron chi connectivity index (χ3n) is 16.3. The summed E-state index contributed by atoms with van der Waals surface area (Å²) in [5, 5.41) is 9.76. The number of allylic oxidation sites excluding steroid dienone is 16. The highest BCUT2D eigenvalue weighted by molar-refractivity contribution is 5.71. The summed E-state index contributed by atoms with van der Waals surface area (Å²) in [5.74, 6) is -1.99. The van der Waals surface area contributed by atoms with E-state index in [-0.39, 0.29) is 38.2 Å². The number of hydrogen-bond acceptors (Lipinski definition) is 7. The number of esters is 2. The van der Waals surface area contributed by atoms with Gasteiger partial charge in [-0.2, -0.15) is 0 Å². The molecule has 0 rings (SSSR count). The number of carboxylic acids is 1. The van der Waals surface area contributed by atoms with Crippen molar-refractivity contribution in [3.63, 3.8) is 0 Å². The zero-order valence-corrected chi connectivity index (χ0v) is 58.8. The maximum Gasteiger partial charge on any atom is 0.361 e. The SMILES string of the molecule is CC/C=C\C/C=C\C/C=C\C/C=C\CCCCCCCCCCCCCCCCCCCCCCCCCCCCC(=O)OC(COC(=O)CCCCCCCCCCCCCC/C=C\C/C=C\C/C=C\C/C=C\CC)COC(OCC[N+](C)(C)C)C(=O)O. The summed E-state index contributed by atoms with van der Waals surface area (Å²) in [6.07, 6.45) is 94.0. The van der Waals surface area contributed by atoms with Crippen molar-refractivity contribution >= 4 is 17.9 Å². The van der Waals surface area contributed by atoms with Gasteiger partial charge in [0.05, 0.1) is 34.4 Å². The molecule has 0 aliphatic carbocycles. The molecule has 0 saturated heterocycles. The highest BCUT2D eigenvalue weighted by Gasteiger charge is 2.25. The molecule has 9 heteroatoms. The topological polar surface area (TPSA) is 108 Å². The first-order valence-electron chi connectivity index (χ1n) is 37.4. The lowest BCUT2D eigenvalue weighted by Crippen LogP contribution is -2.40. The molecule has 0 bridgehead atoms. The van der Waals surface area contributed by atoms with Crippen LogP contribution >= 0.6 is 0 Å². The van der Waals surface area contributed by atoms with Crippen LogP contribution in [0.5, 0.6) is 0 Å². The van der Waals surface area contributed by atoms with Crippen LogP contribution < -0.4 is 0 Å². The van der Waals surface area contributed by atoms with Crippen LogP contribution in [0.3, 0.4) is 0 Å². The summed E-state index contributed by atoms with van der Waals surface area (Å²) >= 11 is 0. The number of likely N-dealkylation sites (N-methyl/N-ethyl adjacent to an activating group) is 1. The highest BCUT2D eigenvalue weighted by Crippen LogP contribution is 2.19. The summed E-state index contributed by atoms with van der Waals surface area (Å²) in [6, 6.07) is 0. The fourth-order valence-electron chi connectivity index (χ4n) is 10.7. The Morgan fingerprint density at radius 3 is 0.899 bits per heavy atom. The highest BCUT2D eigenvalue weighted by atomic mass is 16.7. The molecule has 2 unspecified atom stereocenters. The Morgan fingerprint density at radius 1 is 0.337 bits per heavy atom. The summed E-state index contributed by atoms with van der Waals surface area (Å²) in [4.78, 5) is 37.7. The van der Waals surface area contributed by atoms with E-state index in [1.807, 2.05) is 21.1 Å². The van der Waals surface area contributed by atoms with Crippen molar-refractivity contribution in [1.82, 2.24) is 0 Å². The minimum absolute atomic E-state index is 0.183. The van der Waals surface area contributed by atoms with Crippen LogP contribution in [0.1, 0.15) is 335 Å². The van der Waals surface area contributed by atoms with Gasteiger partial charge in [0.2, 0.25) is 0 Å². The first-order chi connectivity index (χ1) is 43.6. The molecule has 0 aromatic carbocycles. The molecule has 0 fully saturated rings. The molecule has 0 heterocycles. The van der Waals surface area contributed by atoms with Crippen molar-refractivity contribution < 1.29 is 42.9 Å². The van der Waals surface area contributed by atoms with Crippen molar-refractivity contribution in [3.05, 3.63) is 97.2 Å². The predicted octanol–water partition coefficient (Wildman–Crippen LogP) is 23.6. The van der Waals surface area contributed by atoms with E-state index in [2.05, 4.69) is 111 Å². The Kier molecular flexibility index (Phi) is 67.1. The van der Waals surface area contributed by atoms with E-state index in [1.54, 1.807) is 0 Å². The zero-order valence-electron chi connectivity index (χ0n) is 58.8. The second-order valence-corrected chi connectivity index (χ2v) is 26.2. The Labute approximate surface area is 550 Å². The quantitative estimate of drug-likeness (QED) is 0.0211. The summed E-state index contributed by atoms with van der Waals surface area (Å²) in [5.41, 5.74) is 0. The smallest absolute Gasteiger partial charge is 0.361 e. The molecular formula is C80H142NO8+. The second kappa shape index (κ2) is 70.1. The molecule has 0 amide bonds. The van der Waals surface area contributed by atoms with E-state index in [0.29, 0.717) is 17.4 Å². The number of hydrogen-bond donors (Lipinski definition) is 1. The number of quaternary nitrogens is 1. The van der Waals surface area contributed by atoms with E-state index in [4.69, 9.17) is 18.9 Å². The molecule has 89 heavy (non-hydrogen) atoms. The number of unbranched alkanes of at least 4 members (excludes halogenated alkanes) is 38. The van der Waals surface area contributed by atoms with Crippen LogP contribution in [0.25, 0.3) is 0 Å². The number of rotatable bonds is 69. The molecule has 0 spiro atoms. The number of carbonyl (C=O) groups excluding carboxylic acids is 2. The zero-order chi connectivity index (χ0) is 64.7. The summed E-state index contributed by atoms with van der Waals surface area (Å²) < 4.78 is 23.0. The van der Waals surface area contributed by atoms with Gasteiger partial charge in [-0.05, 0) is 89.9 Å². The van der Waals surface area contributed by atoms with Crippen LogP contribution in [0, 0.1) is 0 Å². The first-order valence-corrected chi connectivity index (χ1v) is 37.4. The fourth-order valence-corrected chi connectivity index (χ4v) is 10.7. The Bertz CT molecular complexity index is 1790. The maximum atomic E-state index is 13.0. The lowest BCUT2D eigenvalue weighted by Gasteiger charge is -2.25. The predicted molar refractivity (Wildman–Crippen MR) is 382 cm³/mol. The van der Waals surface area contributed by atoms with E-state index in [1.165, 1.54) is 218 Å². The van der Waals surface area contributed by atoms with E-state index < -0.39 is 18.4 Å². The van der Waals surface area contributed by atoms with Gasteiger partial charge in [-0.3, -0.25) is 9.59 Å². The van der Waals surface area contributed by atoms with Gasteiger partial charge in [-0.1, -0.05) is 329 Å². The largest absolute Gasteiger partial charge is 0.477 e. The van der Waals surface area contributed by atoms with Gasteiger partial charge in [0.1, 0.15) is 13.2 Å². The van der Waals surface area contributed by atoms with Crippen molar-refractivity contribution in [2.75, 3.05) is 47.5 Å². The molecule has 0 saturated carbocycles. The second-order valence-electron chi connectivity index (χ2n) is 26.2. The number of nitrogens with zero attached hydrogens (tertiary/aromatic N) is 1. The normalized spacial score (nSPS) is 13.2. The van der Waals surface area contributed by atoms with Gasteiger partial charge in [0.15, 0.2) is 6.10 Å². The van der Waals surface area contributed by atoms with Gasteiger partial charge >= 0.3 is 17.9 Å². The van der Waals surface area contributed by atoms with Crippen molar-refractivity contribution in [2.45, 2.75) is 347 Å². The molecule has 0 aromatic heterocycles. The lowest BCUT2D eigenvalue weighted by atomic mass is 10.0. The molecule has 0 aromatic rings. The average Bonchev–Trinajstić information content (AvgIpc) is 3.64. The van der Waals surface area contributed by atoms with Crippen molar-refractivity contribution in [2.24, 2.45) is 0 Å². The number of carboxylic acid groups (broad SMARTS) is 1. The van der Waals surface area contributed by atoms with Gasteiger partial charge in [-0.15, -0.1) is 0 Å². The Morgan fingerprint density at radius 2 is 0.607 bits per heavy atom. The molecule has 0 aliphatic rings. The van der Waals surface area contributed by atoms with Crippen molar-refractivity contribution in [3.8, 4) is 0 Å². The molecule has 9 nitrogen and oxygen atoms in total. The Balaban J connectivity index is 4.00. The molecule has 2 atom stereocenters. The van der Waals surface area contributed by atoms with Gasteiger partial charge in [0.25, 0.3) is 6.29 Å². The van der Waals surface area contributed by atoms with Crippen LogP contribution in [0.2, 0.25) is 0 Å². The first kappa shape index (κ1) is 85.2. The maximum absolute atomic E-state index is 13.0. The van der Waals surface area contributed by atoms with Crippen LogP contribution in [0.15, 0.2) is 97.2 Å². The van der Waals surface area contributed by atoms with Crippen molar-refractivity contribution in [1.29, 1.82) is 0 Å². The van der Waals surface area contributed by atoms with Gasteiger partial charge in [0, 0.05) is 12.8 Å². The van der Waals surface area contributed by atoms with E-state index >= 15 is 0 Å². The summed E-state index contributed by atoms with van der Waals surface area (Å²) in [6.45, 7) is 4.69. The van der Waals surface area contributed by atoms with Crippen LogP contribution in [0.4, 0.5) is 0 Å². The summed E-state index contributed by atoms with van der Waals surface area (Å²) in [7, 11) is 5.98. The minimum Gasteiger partial charge on any atom is -0.477 e. The third-order valence-corrected chi connectivity index (χ3v) is 16.3.